The van der Waals surface area contributed by atoms with Crippen LogP contribution in [0.1, 0.15) is 51.4 Å². The van der Waals surface area contributed by atoms with Crippen LogP contribution in [0, 0.1) is 10.1 Å². The molecule has 0 N–H and O–H groups in total. The highest BCUT2D eigenvalue weighted by Crippen LogP contribution is 2.00. The number of carbonyl (C=O) groups is 1. The number of hydrogen-bond acceptors (Lipinski definition) is 3. The molecule has 0 heterocycles. The second-order valence-electron chi connectivity index (χ2n) is 4.89. The lowest BCUT2D eigenvalue weighted by Gasteiger charge is -1.90. The number of unbranched alkanes of at least 4 members (excludes halogenated alkanes) is 3. The largest absolute Gasteiger partial charge is 0.303 e. The molecule has 0 amide bonds. The van der Waals surface area contributed by atoms with Gasteiger partial charge < -0.3 is 4.79 Å². The zero-order valence-corrected chi connectivity index (χ0v) is 13.2. The Balaban J connectivity index is 3.42. The number of rotatable bonds is 14. The summed E-state index contributed by atoms with van der Waals surface area (Å²) in [6, 6.07) is 0. The van der Waals surface area contributed by atoms with Gasteiger partial charge in [-0.15, -0.1) is 0 Å². The van der Waals surface area contributed by atoms with Crippen molar-refractivity contribution in [3.05, 3.63) is 58.7 Å². The fourth-order valence-electron chi connectivity index (χ4n) is 1.72. The van der Waals surface area contributed by atoms with Crippen LogP contribution in [-0.4, -0.2) is 17.8 Å². The summed E-state index contributed by atoms with van der Waals surface area (Å²) in [6.07, 6.45) is 24.5. The molecule has 0 saturated carbocycles. The van der Waals surface area contributed by atoms with Gasteiger partial charge in [-0.2, -0.15) is 0 Å². The molecular weight excluding hydrogens is 278 g/mol. The van der Waals surface area contributed by atoms with Gasteiger partial charge in [0, 0.05) is 17.8 Å². The molecule has 0 spiro atoms. The first-order valence-electron chi connectivity index (χ1n) is 7.92. The molecule has 0 radical (unpaired) electrons. The minimum absolute atomic E-state index is 0.00750. The molecule has 4 nitrogen and oxygen atoms in total. The molecule has 0 rings (SSSR count). The molecule has 22 heavy (non-hydrogen) atoms. The van der Waals surface area contributed by atoms with E-state index in [0.29, 0.717) is 12.8 Å². The van der Waals surface area contributed by atoms with Crippen LogP contribution in [0.15, 0.2) is 48.6 Å². The molecule has 0 aromatic rings. The van der Waals surface area contributed by atoms with Crippen LogP contribution in [0.2, 0.25) is 0 Å². The van der Waals surface area contributed by atoms with Crippen molar-refractivity contribution < 1.29 is 9.72 Å². The quantitative estimate of drug-likeness (QED) is 0.152. The van der Waals surface area contributed by atoms with E-state index in [4.69, 9.17) is 0 Å². The van der Waals surface area contributed by atoms with Gasteiger partial charge in [0.1, 0.15) is 6.29 Å². The van der Waals surface area contributed by atoms with Crippen molar-refractivity contribution in [2.75, 3.05) is 6.54 Å². The van der Waals surface area contributed by atoms with Gasteiger partial charge in [-0.1, -0.05) is 48.6 Å². The second kappa shape index (κ2) is 17.1. The Bertz CT molecular complexity index is 395. The summed E-state index contributed by atoms with van der Waals surface area (Å²) < 4.78 is 0. The highest BCUT2D eigenvalue weighted by atomic mass is 16.6. The zero-order chi connectivity index (χ0) is 16.3. The number of carbonyl (C=O) groups excluding carboxylic acids is 1. The van der Waals surface area contributed by atoms with Crippen LogP contribution in [0.5, 0.6) is 0 Å². The monoisotopic (exact) mass is 305 g/mol. The van der Waals surface area contributed by atoms with Crippen LogP contribution in [0.4, 0.5) is 0 Å². The summed E-state index contributed by atoms with van der Waals surface area (Å²) in [5.41, 5.74) is 0. The third-order valence-electron chi connectivity index (χ3n) is 2.90. The van der Waals surface area contributed by atoms with E-state index in [1.54, 1.807) is 0 Å². The normalized spacial score (nSPS) is 12.2. The molecular formula is C18H27NO3. The summed E-state index contributed by atoms with van der Waals surface area (Å²) in [7, 11) is 0. The van der Waals surface area contributed by atoms with Crippen LogP contribution in [0.3, 0.4) is 0 Å². The number of nitro groups is 1. The smallest absolute Gasteiger partial charge is 0.207 e. The maximum Gasteiger partial charge on any atom is 0.207 e. The molecule has 0 aliphatic heterocycles. The van der Waals surface area contributed by atoms with Crippen molar-refractivity contribution in [1.29, 1.82) is 0 Å². The first-order chi connectivity index (χ1) is 10.8. The van der Waals surface area contributed by atoms with Crippen molar-refractivity contribution in [2.24, 2.45) is 0 Å². The lowest BCUT2D eigenvalue weighted by atomic mass is 10.2. The average Bonchev–Trinajstić information content (AvgIpc) is 2.50. The van der Waals surface area contributed by atoms with Crippen molar-refractivity contribution in [2.45, 2.75) is 51.4 Å². The van der Waals surface area contributed by atoms with E-state index in [1.807, 2.05) is 12.2 Å². The average molecular weight is 305 g/mol. The minimum Gasteiger partial charge on any atom is -0.303 e. The number of aldehydes is 1. The van der Waals surface area contributed by atoms with Crippen molar-refractivity contribution in [3.8, 4) is 0 Å². The third kappa shape index (κ3) is 18.0. The minimum atomic E-state index is -0.301. The molecule has 0 aliphatic carbocycles. The molecule has 0 aromatic heterocycles. The van der Waals surface area contributed by atoms with Crippen LogP contribution in [-0.2, 0) is 4.79 Å². The van der Waals surface area contributed by atoms with Gasteiger partial charge in [0.25, 0.3) is 0 Å². The van der Waals surface area contributed by atoms with Gasteiger partial charge in [-0.05, 0) is 38.5 Å². The fourth-order valence-corrected chi connectivity index (χ4v) is 1.72. The zero-order valence-electron chi connectivity index (χ0n) is 13.2. The maximum atomic E-state index is 10.1. The predicted molar refractivity (Wildman–Crippen MR) is 91.4 cm³/mol. The molecule has 122 valence electrons. The Hall–Kier alpha value is -1.97. The molecule has 0 aliphatic rings. The number of hydrogen-bond donors (Lipinski definition) is 0. The molecule has 0 atom stereocenters. The van der Waals surface area contributed by atoms with Gasteiger partial charge in [-0.3, -0.25) is 10.1 Å². The van der Waals surface area contributed by atoms with Crippen molar-refractivity contribution >= 4 is 6.29 Å². The van der Waals surface area contributed by atoms with Crippen molar-refractivity contribution in [1.82, 2.24) is 0 Å². The lowest BCUT2D eigenvalue weighted by molar-refractivity contribution is -0.478. The van der Waals surface area contributed by atoms with E-state index in [9.17, 15) is 14.9 Å². The van der Waals surface area contributed by atoms with Gasteiger partial charge in [0.2, 0.25) is 6.54 Å². The van der Waals surface area contributed by atoms with E-state index in [2.05, 4.69) is 36.5 Å². The Kier molecular flexibility index (Phi) is 15.6. The topological polar surface area (TPSA) is 60.2 Å². The molecule has 0 unspecified atom stereocenters. The van der Waals surface area contributed by atoms with Gasteiger partial charge in [0.15, 0.2) is 0 Å². The first-order valence-corrected chi connectivity index (χ1v) is 7.92. The van der Waals surface area contributed by atoms with E-state index in [0.717, 1.165) is 44.8 Å². The Labute approximate surface area is 133 Å². The molecule has 0 fully saturated rings. The van der Waals surface area contributed by atoms with E-state index in [-0.39, 0.29) is 11.5 Å². The summed E-state index contributed by atoms with van der Waals surface area (Å²) in [5, 5.41) is 10.1. The summed E-state index contributed by atoms with van der Waals surface area (Å²) in [5.74, 6) is 0. The van der Waals surface area contributed by atoms with Crippen LogP contribution in [0.25, 0.3) is 0 Å². The fraction of sp³-hybridized carbons (Fsp3) is 0.500. The Morgan fingerprint density at radius 1 is 0.682 bits per heavy atom. The van der Waals surface area contributed by atoms with Crippen molar-refractivity contribution in [3.63, 3.8) is 0 Å². The van der Waals surface area contributed by atoms with Gasteiger partial charge in [-0.25, -0.2) is 0 Å². The molecule has 0 bridgehead atoms. The van der Waals surface area contributed by atoms with Gasteiger partial charge >= 0.3 is 0 Å². The summed E-state index contributed by atoms with van der Waals surface area (Å²) in [6.45, 7) is 0.00750. The highest BCUT2D eigenvalue weighted by molar-refractivity contribution is 5.48. The van der Waals surface area contributed by atoms with E-state index >= 15 is 0 Å². The van der Waals surface area contributed by atoms with E-state index < -0.39 is 0 Å². The summed E-state index contributed by atoms with van der Waals surface area (Å²) in [4.78, 5) is 19.9. The molecule has 0 saturated heterocycles. The molecule has 0 aromatic carbocycles. The summed E-state index contributed by atoms with van der Waals surface area (Å²) >= 11 is 0. The Morgan fingerprint density at radius 2 is 1.14 bits per heavy atom. The van der Waals surface area contributed by atoms with E-state index in [1.165, 1.54) is 0 Å². The number of allylic oxidation sites excluding steroid dienone is 7. The standard InChI is InChI=1S/C18H27NO3/c20-18-16-14-12-10-8-6-4-2-1-3-5-7-9-11-13-15-17-19(21)22/h1-2,5-8,11,13,18H,3-4,9-10,12,14-17H2. The third-order valence-corrected chi connectivity index (χ3v) is 2.90. The maximum absolute atomic E-state index is 10.1. The molecule has 4 heteroatoms. The SMILES string of the molecule is O=CCCCCC=CCC=CCC=CCC=CCC[N+](=O)[O-]. The Morgan fingerprint density at radius 3 is 1.64 bits per heavy atom. The van der Waals surface area contributed by atoms with Gasteiger partial charge in [0.05, 0.1) is 0 Å². The predicted octanol–water partition coefficient (Wildman–Crippen LogP) is 4.81. The van der Waals surface area contributed by atoms with Crippen LogP contribution >= 0.6 is 0 Å². The highest BCUT2D eigenvalue weighted by Gasteiger charge is 1.89. The lowest BCUT2D eigenvalue weighted by Crippen LogP contribution is -1.97. The second-order valence-corrected chi connectivity index (χ2v) is 4.89. The van der Waals surface area contributed by atoms with Crippen LogP contribution < -0.4 is 0 Å². The number of nitrogens with zero attached hydrogens (tertiary/aromatic N) is 1. The first kappa shape index (κ1) is 20.0.